The van der Waals surface area contributed by atoms with Crippen LogP contribution in [0.4, 0.5) is 5.95 Å². The first-order chi connectivity index (χ1) is 9.19. The molecule has 96 valence electrons. The quantitative estimate of drug-likeness (QED) is 0.752. The minimum Gasteiger partial charge on any atom is -0.369 e. The van der Waals surface area contributed by atoms with Crippen molar-refractivity contribution < 1.29 is 0 Å². The number of anilines is 1. The number of aromatic nitrogens is 2. The Hall–Kier alpha value is -2.14. The standard InChI is InChI=1S/C14H13N3OS/c1-2-8-3-5-9(6-4-8)10-7-19-13-11(10)12(18)16-14(15)17-13/h3-7H,2H2,1H3,(H3,15,16,17,18). The summed E-state index contributed by atoms with van der Waals surface area (Å²) in [6.45, 7) is 2.12. The summed E-state index contributed by atoms with van der Waals surface area (Å²) in [4.78, 5) is 19.4. The topological polar surface area (TPSA) is 71.8 Å². The first-order valence-electron chi connectivity index (χ1n) is 6.05. The molecule has 5 heteroatoms. The number of thiophene rings is 1. The lowest BCUT2D eigenvalue weighted by molar-refractivity contribution is 1.14. The van der Waals surface area contributed by atoms with Gasteiger partial charge in [0, 0.05) is 10.9 Å². The second-order valence-corrected chi connectivity index (χ2v) is 5.19. The molecule has 19 heavy (non-hydrogen) atoms. The van der Waals surface area contributed by atoms with Gasteiger partial charge in [0.2, 0.25) is 5.95 Å². The van der Waals surface area contributed by atoms with Crippen molar-refractivity contribution >= 4 is 27.5 Å². The van der Waals surface area contributed by atoms with Gasteiger partial charge >= 0.3 is 0 Å². The van der Waals surface area contributed by atoms with E-state index >= 15 is 0 Å². The average molecular weight is 271 g/mol. The molecule has 0 saturated carbocycles. The Labute approximate surface area is 113 Å². The molecule has 3 N–H and O–H groups in total. The molecular weight excluding hydrogens is 258 g/mol. The third-order valence-corrected chi connectivity index (χ3v) is 4.01. The van der Waals surface area contributed by atoms with E-state index in [1.165, 1.54) is 16.9 Å². The van der Waals surface area contributed by atoms with Gasteiger partial charge in [-0.25, -0.2) is 4.98 Å². The van der Waals surface area contributed by atoms with Crippen molar-refractivity contribution in [1.82, 2.24) is 9.97 Å². The number of rotatable bonds is 2. The minimum absolute atomic E-state index is 0.159. The van der Waals surface area contributed by atoms with Crippen molar-refractivity contribution in [2.24, 2.45) is 0 Å². The molecule has 3 rings (SSSR count). The van der Waals surface area contributed by atoms with Crippen LogP contribution in [-0.4, -0.2) is 9.97 Å². The lowest BCUT2D eigenvalue weighted by Crippen LogP contribution is -2.10. The van der Waals surface area contributed by atoms with Crippen LogP contribution in [0.3, 0.4) is 0 Å². The summed E-state index contributed by atoms with van der Waals surface area (Å²) in [6, 6.07) is 8.24. The third-order valence-electron chi connectivity index (χ3n) is 3.14. The van der Waals surface area contributed by atoms with E-state index in [2.05, 4.69) is 29.0 Å². The highest BCUT2D eigenvalue weighted by molar-refractivity contribution is 7.17. The van der Waals surface area contributed by atoms with Crippen molar-refractivity contribution in [3.05, 3.63) is 45.6 Å². The van der Waals surface area contributed by atoms with Crippen molar-refractivity contribution in [2.75, 3.05) is 5.73 Å². The van der Waals surface area contributed by atoms with Crippen molar-refractivity contribution in [1.29, 1.82) is 0 Å². The van der Waals surface area contributed by atoms with Crippen LogP contribution in [0.1, 0.15) is 12.5 Å². The number of fused-ring (bicyclic) bond motifs is 1. The Morgan fingerprint density at radius 3 is 2.74 bits per heavy atom. The number of aryl methyl sites for hydroxylation is 1. The maximum Gasteiger partial charge on any atom is 0.261 e. The maximum atomic E-state index is 12.0. The highest BCUT2D eigenvalue weighted by atomic mass is 32.1. The van der Waals surface area contributed by atoms with Crippen LogP contribution < -0.4 is 11.3 Å². The van der Waals surface area contributed by atoms with Crippen LogP contribution in [-0.2, 0) is 6.42 Å². The molecule has 0 aliphatic heterocycles. The Morgan fingerprint density at radius 2 is 2.05 bits per heavy atom. The second kappa shape index (κ2) is 4.51. The molecule has 3 aromatic rings. The maximum absolute atomic E-state index is 12.0. The zero-order valence-corrected chi connectivity index (χ0v) is 11.3. The summed E-state index contributed by atoms with van der Waals surface area (Å²) in [5.41, 5.74) is 8.59. The number of hydrogen-bond acceptors (Lipinski definition) is 4. The predicted molar refractivity (Wildman–Crippen MR) is 79.5 cm³/mol. The zero-order valence-electron chi connectivity index (χ0n) is 10.4. The fourth-order valence-corrected chi connectivity index (χ4v) is 3.05. The summed E-state index contributed by atoms with van der Waals surface area (Å²) in [6.07, 6.45) is 1.00. The number of hydrogen-bond donors (Lipinski definition) is 2. The fraction of sp³-hybridized carbons (Fsp3) is 0.143. The number of aromatic amines is 1. The van der Waals surface area contributed by atoms with Crippen molar-refractivity contribution in [2.45, 2.75) is 13.3 Å². The molecule has 0 radical (unpaired) electrons. The smallest absolute Gasteiger partial charge is 0.261 e. The Morgan fingerprint density at radius 1 is 1.32 bits per heavy atom. The Kier molecular flexibility index (Phi) is 2.83. The molecule has 4 nitrogen and oxygen atoms in total. The van der Waals surface area contributed by atoms with E-state index in [9.17, 15) is 4.79 Å². The molecule has 0 atom stereocenters. The van der Waals surface area contributed by atoms with E-state index in [-0.39, 0.29) is 11.5 Å². The SMILES string of the molecule is CCc1ccc(-c2csc3nc(N)[nH]c(=O)c23)cc1. The average Bonchev–Trinajstić information content (AvgIpc) is 2.83. The molecule has 0 aliphatic rings. The summed E-state index contributed by atoms with van der Waals surface area (Å²) in [5, 5.41) is 2.57. The van der Waals surface area contributed by atoms with Gasteiger partial charge in [0.05, 0.1) is 5.39 Å². The lowest BCUT2D eigenvalue weighted by Gasteiger charge is -2.01. The van der Waals surface area contributed by atoms with Crippen molar-refractivity contribution in [3.63, 3.8) is 0 Å². The van der Waals surface area contributed by atoms with E-state index in [1.807, 2.05) is 17.5 Å². The highest BCUT2D eigenvalue weighted by Crippen LogP contribution is 2.30. The monoisotopic (exact) mass is 271 g/mol. The molecule has 2 aromatic heterocycles. The zero-order chi connectivity index (χ0) is 13.4. The van der Waals surface area contributed by atoms with Crippen LogP contribution in [0.25, 0.3) is 21.3 Å². The van der Waals surface area contributed by atoms with E-state index in [0.717, 1.165) is 17.5 Å². The van der Waals surface area contributed by atoms with Crippen molar-refractivity contribution in [3.8, 4) is 11.1 Å². The predicted octanol–water partition coefficient (Wildman–Crippen LogP) is 2.80. The molecule has 2 heterocycles. The number of nitrogens with zero attached hydrogens (tertiary/aromatic N) is 1. The Balaban J connectivity index is 2.22. The third kappa shape index (κ3) is 2.02. The molecule has 0 aliphatic carbocycles. The molecule has 0 fully saturated rings. The number of nitrogen functional groups attached to an aromatic ring is 1. The van der Waals surface area contributed by atoms with Gasteiger partial charge in [-0.2, -0.15) is 0 Å². The van der Waals surface area contributed by atoms with Gasteiger partial charge in [-0.1, -0.05) is 31.2 Å². The van der Waals surface area contributed by atoms with E-state index in [4.69, 9.17) is 5.73 Å². The highest BCUT2D eigenvalue weighted by Gasteiger charge is 2.11. The molecule has 0 amide bonds. The van der Waals surface area contributed by atoms with Crippen LogP contribution in [0, 0.1) is 0 Å². The fourth-order valence-electron chi connectivity index (χ4n) is 2.10. The first-order valence-corrected chi connectivity index (χ1v) is 6.93. The summed E-state index contributed by atoms with van der Waals surface area (Å²) in [7, 11) is 0. The van der Waals surface area contributed by atoms with Gasteiger partial charge in [0.1, 0.15) is 4.83 Å². The van der Waals surface area contributed by atoms with Gasteiger partial charge < -0.3 is 5.73 Å². The van der Waals surface area contributed by atoms with Crippen LogP contribution in [0.15, 0.2) is 34.4 Å². The second-order valence-electron chi connectivity index (χ2n) is 4.33. The number of nitrogens with two attached hydrogens (primary N) is 1. The van der Waals surface area contributed by atoms with Gasteiger partial charge in [0.25, 0.3) is 5.56 Å². The van der Waals surface area contributed by atoms with Gasteiger partial charge in [0.15, 0.2) is 0 Å². The summed E-state index contributed by atoms with van der Waals surface area (Å²) >= 11 is 1.44. The Bertz CT molecular complexity index is 787. The molecule has 0 bridgehead atoms. The largest absolute Gasteiger partial charge is 0.369 e. The number of nitrogens with one attached hydrogen (secondary N) is 1. The van der Waals surface area contributed by atoms with Crippen LogP contribution >= 0.6 is 11.3 Å². The normalized spacial score (nSPS) is 11.0. The molecule has 0 spiro atoms. The lowest BCUT2D eigenvalue weighted by atomic mass is 10.0. The van der Waals surface area contributed by atoms with Gasteiger partial charge in [-0.05, 0) is 17.5 Å². The summed E-state index contributed by atoms with van der Waals surface area (Å²) < 4.78 is 0. The molecule has 1 aromatic carbocycles. The number of H-pyrrole nitrogens is 1. The molecule has 0 saturated heterocycles. The summed E-state index contributed by atoms with van der Waals surface area (Å²) in [5.74, 6) is 0.159. The van der Waals surface area contributed by atoms with Crippen LogP contribution in [0.5, 0.6) is 0 Å². The first kappa shape index (κ1) is 11.9. The van der Waals surface area contributed by atoms with E-state index < -0.39 is 0 Å². The molecular formula is C14H13N3OS. The molecule has 0 unspecified atom stereocenters. The van der Waals surface area contributed by atoms with Crippen LogP contribution in [0.2, 0.25) is 0 Å². The van der Waals surface area contributed by atoms with Gasteiger partial charge in [-0.3, -0.25) is 9.78 Å². The van der Waals surface area contributed by atoms with E-state index in [0.29, 0.717) is 10.2 Å². The number of benzene rings is 1. The minimum atomic E-state index is -0.182. The van der Waals surface area contributed by atoms with E-state index in [1.54, 1.807) is 0 Å². The van der Waals surface area contributed by atoms with Gasteiger partial charge in [-0.15, -0.1) is 11.3 Å².